The first-order valence-corrected chi connectivity index (χ1v) is 9.62. The predicted molar refractivity (Wildman–Crippen MR) is 108 cm³/mol. The van der Waals surface area contributed by atoms with Crippen LogP contribution in [0.4, 0.5) is 13.2 Å². The van der Waals surface area contributed by atoms with Crippen LogP contribution < -0.4 is 4.74 Å². The van der Waals surface area contributed by atoms with Crippen LogP contribution in [0, 0.1) is 17.8 Å². The van der Waals surface area contributed by atoms with Gasteiger partial charge < -0.3 is 4.74 Å². The molecular weight excluding hydrogens is 349 g/mol. The van der Waals surface area contributed by atoms with Gasteiger partial charge in [-0.3, -0.25) is 0 Å². The van der Waals surface area contributed by atoms with Crippen LogP contribution in [-0.2, 0) is 0 Å². The van der Waals surface area contributed by atoms with E-state index in [1.54, 1.807) is 12.1 Å². The highest BCUT2D eigenvalue weighted by molar-refractivity contribution is 5.66. The first-order valence-electron chi connectivity index (χ1n) is 9.62. The fourth-order valence-corrected chi connectivity index (χ4v) is 4.50. The first-order chi connectivity index (χ1) is 12.4. The lowest BCUT2D eigenvalue weighted by Gasteiger charge is -2.34. The number of ether oxygens (including phenoxy) is 1. The first kappa shape index (κ1) is 21.6. The van der Waals surface area contributed by atoms with Crippen LogP contribution in [0.2, 0.25) is 0 Å². The van der Waals surface area contributed by atoms with Crippen LogP contribution >= 0.6 is 0 Å². The molecule has 0 N–H and O–H groups in total. The molecule has 0 heterocycles. The Hall–Kier alpha value is -1.71. The number of benzene rings is 1. The van der Waals surface area contributed by atoms with Crippen LogP contribution in [0.25, 0.3) is 5.57 Å². The van der Waals surface area contributed by atoms with Gasteiger partial charge in [-0.1, -0.05) is 37.8 Å². The summed E-state index contributed by atoms with van der Waals surface area (Å²) in [6.07, 6.45) is 10.7. The van der Waals surface area contributed by atoms with E-state index < -0.39 is 6.36 Å². The maximum atomic E-state index is 12.2. The third kappa shape index (κ3) is 6.15. The zero-order chi connectivity index (χ0) is 18.6. The second-order valence-electron chi connectivity index (χ2n) is 7.54. The Bertz CT molecular complexity index is 641. The fraction of sp³-hybridized carbons (Fsp3) is 0.565. The molecule has 2 aliphatic carbocycles. The zero-order valence-corrected chi connectivity index (χ0v) is 15.3. The maximum absolute atomic E-state index is 12.2. The van der Waals surface area contributed by atoms with Gasteiger partial charge in [0, 0.05) is 1.43 Å². The SMILES string of the molecule is C.C/C=C/C1CCC(C2CC=C(c3ccc(OC(F)(F)F)cc3)CC2)CC1.[HH]. The van der Waals surface area contributed by atoms with E-state index in [4.69, 9.17) is 0 Å². The summed E-state index contributed by atoms with van der Waals surface area (Å²) in [5, 5.41) is 0. The van der Waals surface area contributed by atoms with Gasteiger partial charge in [-0.15, -0.1) is 13.2 Å². The summed E-state index contributed by atoms with van der Waals surface area (Å²) in [6.45, 7) is 2.10. The minimum absolute atomic E-state index is 0. The highest BCUT2D eigenvalue weighted by Crippen LogP contribution is 2.41. The molecule has 152 valence electrons. The molecule has 0 radical (unpaired) electrons. The Morgan fingerprint density at radius 1 is 1.00 bits per heavy atom. The van der Waals surface area contributed by atoms with Crippen molar-refractivity contribution in [1.82, 2.24) is 0 Å². The van der Waals surface area contributed by atoms with Crippen molar-refractivity contribution in [3.63, 3.8) is 0 Å². The van der Waals surface area contributed by atoms with E-state index in [0.29, 0.717) is 0 Å². The van der Waals surface area contributed by atoms with Gasteiger partial charge in [0.05, 0.1) is 0 Å². The third-order valence-corrected chi connectivity index (χ3v) is 5.86. The number of rotatable bonds is 4. The largest absolute Gasteiger partial charge is 0.573 e. The minimum Gasteiger partial charge on any atom is -0.406 e. The molecule has 0 spiro atoms. The van der Waals surface area contributed by atoms with Gasteiger partial charge in [-0.25, -0.2) is 0 Å². The van der Waals surface area contributed by atoms with Gasteiger partial charge in [0.25, 0.3) is 0 Å². The Balaban J connectivity index is 0.00000196. The van der Waals surface area contributed by atoms with Gasteiger partial charge in [-0.2, -0.15) is 0 Å². The van der Waals surface area contributed by atoms with E-state index in [1.807, 2.05) is 0 Å². The zero-order valence-electron chi connectivity index (χ0n) is 15.3. The van der Waals surface area contributed by atoms with Crippen molar-refractivity contribution in [1.29, 1.82) is 0 Å². The smallest absolute Gasteiger partial charge is 0.406 e. The molecular formula is C23H33F3O. The molecule has 0 saturated heterocycles. The molecule has 0 amide bonds. The molecule has 3 rings (SSSR count). The molecule has 1 fully saturated rings. The number of halogens is 3. The van der Waals surface area contributed by atoms with Crippen molar-refractivity contribution in [2.24, 2.45) is 17.8 Å². The number of hydrogen-bond donors (Lipinski definition) is 0. The molecule has 4 heteroatoms. The van der Waals surface area contributed by atoms with Crippen molar-refractivity contribution in [2.75, 3.05) is 0 Å². The predicted octanol–water partition coefficient (Wildman–Crippen LogP) is 8.03. The van der Waals surface area contributed by atoms with Gasteiger partial charge in [0.2, 0.25) is 0 Å². The molecule has 1 atom stereocenters. The van der Waals surface area contributed by atoms with Crippen LogP contribution in [-0.4, -0.2) is 6.36 Å². The van der Waals surface area contributed by atoms with Gasteiger partial charge >= 0.3 is 6.36 Å². The van der Waals surface area contributed by atoms with Crippen molar-refractivity contribution >= 4 is 5.57 Å². The number of allylic oxidation sites excluding steroid dienone is 4. The number of alkyl halides is 3. The average Bonchev–Trinajstić information content (AvgIpc) is 2.62. The topological polar surface area (TPSA) is 9.23 Å². The molecule has 1 aromatic carbocycles. The van der Waals surface area contributed by atoms with E-state index in [-0.39, 0.29) is 14.6 Å². The molecule has 2 aliphatic rings. The quantitative estimate of drug-likeness (QED) is 0.479. The van der Waals surface area contributed by atoms with Gasteiger partial charge in [-0.05, 0) is 92.9 Å². The summed E-state index contributed by atoms with van der Waals surface area (Å²) in [6, 6.07) is 6.27. The van der Waals surface area contributed by atoms with Crippen molar-refractivity contribution in [3.05, 3.63) is 48.1 Å². The minimum atomic E-state index is -4.63. The average molecular weight is 383 g/mol. The molecule has 1 nitrogen and oxygen atoms in total. The fourth-order valence-electron chi connectivity index (χ4n) is 4.50. The Labute approximate surface area is 162 Å². The second-order valence-corrected chi connectivity index (χ2v) is 7.54. The molecule has 0 bridgehead atoms. The van der Waals surface area contributed by atoms with Crippen LogP contribution in [0.1, 0.15) is 66.3 Å². The molecule has 1 aromatic rings. The molecule has 1 saturated carbocycles. The van der Waals surface area contributed by atoms with Crippen LogP contribution in [0.5, 0.6) is 5.75 Å². The van der Waals surface area contributed by atoms with Crippen LogP contribution in [0.3, 0.4) is 0 Å². The van der Waals surface area contributed by atoms with Crippen molar-refractivity contribution in [3.8, 4) is 5.75 Å². The summed E-state index contributed by atoms with van der Waals surface area (Å²) in [5.41, 5.74) is 2.26. The molecule has 0 aromatic heterocycles. The molecule has 1 unspecified atom stereocenters. The van der Waals surface area contributed by atoms with E-state index in [1.165, 1.54) is 49.8 Å². The van der Waals surface area contributed by atoms with Gasteiger partial charge in [0.15, 0.2) is 0 Å². The molecule has 27 heavy (non-hydrogen) atoms. The van der Waals surface area contributed by atoms with E-state index in [9.17, 15) is 13.2 Å². The van der Waals surface area contributed by atoms with Gasteiger partial charge in [0.1, 0.15) is 5.75 Å². The Kier molecular flexibility index (Phi) is 7.58. The van der Waals surface area contributed by atoms with E-state index in [2.05, 4.69) is 29.9 Å². The van der Waals surface area contributed by atoms with E-state index in [0.717, 1.165) is 36.2 Å². The maximum Gasteiger partial charge on any atom is 0.573 e. The lowest BCUT2D eigenvalue weighted by atomic mass is 9.71. The van der Waals surface area contributed by atoms with Crippen LogP contribution in [0.15, 0.2) is 42.5 Å². The second kappa shape index (κ2) is 9.48. The monoisotopic (exact) mass is 382 g/mol. The Morgan fingerprint density at radius 3 is 2.19 bits per heavy atom. The standard InChI is InChI=1S/C22H27F3O.CH4.H2/c1-2-3-16-4-6-17(7-5-16)18-8-10-19(11-9-18)20-12-14-21(15-13-20)26-22(23,24)25;;/h2-3,10,12-18H,4-9,11H2,1H3;1H4;1H/b3-2+;;. The number of hydrogen-bond acceptors (Lipinski definition) is 1. The normalized spacial score (nSPS) is 26.4. The summed E-state index contributed by atoms with van der Waals surface area (Å²) in [4.78, 5) is 0. The Morgan fingerprint density at radius 2 is 1.67 bits per heavy atom. The third-order valence-electron chi connectivity index (χ3n) is 5.86. The highest BCUT2D eigenvalue weighted by atomic mass is 19.4. The summed E-state index contributed by atoms with van der Waals surface area (Å²) in [5.74, 6) is 2.20. The highest BCUT2D eigenvalue weighted by Gasteiger charge is 2.31. The lowest BCUT2D eigenvalue weighted by Crippen LogP contribution is -2.22. The van der Waals surface area contributed by atoms with Crippen molar-refractivity contribution < 1.29 is 19.3 Å². The summed E-state index contributed by atoms with van der Waals surface area (Å²) < 4.78 is 40.7. The summed E-state index contributed by atoms with van der Waals surface area (Å²) in [7, 11) is 0. The van der Waals surface area contributed by atoms with Crippen molar-refractivity contribution in [2.45, 2.75) is 65.7 Å². The lowest BCUT2D eigenvalue weighted by molar-refractivity contribution is -0.274. The summed E-state index contributed by atoms with van der Waals surface area (Å²) >= 11 is 0. The van der Waals surface area contributed by atoms with E-state index >= 15 is 0 Å². The molecule has 0 aliphatic heterocycles.